The number of aryl methyl sites for hydroxylation is 1. The highest BCUT2D eigenvalue weighted by Gasteiger charge is 2.45. The number of benzene rings is 3. The Balaban J connectivity index is 1.08. The van der Waals surface area contributed by atoms with Crippen LogP contribution in [0.4, 0.5) is 5.69 Å². The van der Waals surface area contributed by atoms with Gasteiger partial charge in [-0.1, -0.05) is 42.5 Å². The molecule has 40 heavy (non-hydrogen) atoms. The van der Waals surface area contributed by atoms with E-state index < -0.39 is 29.7 Å². The van der Waals surface area contributed by atoms with Crippen LogP contribution in [0.2, 0.25) is 0 Å². The Morgan fingerprint density at radius 2 is 1.75 bits per heavy atom. The van der Waals surface area contributed by atoms with Crippen molar-refractivity contribution in [1.82, 2.24) is 15.1 Å². The maximum Gasteiger partial charge on any atom is 0.264 e. The number of likely N-dealkylation sites (tertiary alicyclic amines) is 1. The molecule has 2 saturated heterocycles. The number of para-hydroxylation sites is 1. The van der Waals surface area contributed by atoms with E-state index in [2.05, 4.69) is 40.7 Å². The van der Waals surface area contributed by atoms with E-state index in [9.17, 15) is 19.2 Å². The minimum atomic E-state index is -0.986. The number of carbonyl (C=O) groups is 4. The molecule has 1 atom stereocenters. The van der Waals surface area contributed by atoms with Crippen LogP contribution < -0.4 is 15.4 Å². The number of hydrogen-bond acceptors (Lipinski definition) is 7. The number of nitrogens with zero attached hydrogens (tertiary/aromatic N) is 2. The molecule has 9 heteroatoms. The topological polar surface area (TPSA) is 108 Å². The summed E-state index contributed by atoms with van der Waals surface area (Å²) in [5.74, 6) is -1.14. The molecule has 0 radical (unpaired) electrons. The van der Waals surface area contributed by atoms with Crippen molar-refractivity contribution >= 4 is 29.3 Å². The van der Waals surface area contributed by atoms with Gasteiger partial charge in [0.15, 0.2) is 0 Å². The standard InChI is InChI=1S/C31H30N4O5/c1-19-14-20(10-11-21(19)16-34-17-23(18-34)40-22-6-3-2-4-7-22)15-32-25-9-5-8-24-28(25)31(39)35(30(24)38)26-12-13-27(36)33-29(26)37/h2-11,14,23,26,32H,12-13,15-18H2,1H3,(H,33,36,37). The van der Waals surface area contributed by atoms with Crippen molar-refractivity contribution in [3.63, 3.8) is 0 Å². The molecule has 3 aromatic rings. The maximum atomic E-state index is 13.3. The predicted molar refractivity (Wildman–Crippen MR) is 148 cm³/mol. The molecule has 0 spiro atoms. The number of nitrogens with one attached hydrogen (secondary N) is 2. The van der Waals surface area contributed by atoms with Gasteiger partial charge in [-0.05, 0) is 54.3 Å². The van der Waals surface area contributed by atoms with E-state index in [0.717, 1.165) is 35.8 Å². The third-order valence-electron chi connectivity index (χ3n) is 7.72. The minimum absolute atomic E-state index is 0.0874. The lowest BCUT2D eigenvalue weighted by Gasteiger charge is -2.39. The predicted octanol–water partition coefficient (Wildman–Crippen LogP) is 3.27. The summed E-state index contributed by atoms with van der Waals surface area (Å²) in [5, 5.41) is 5.54. The highest BCUT2D eigenvalue weighted by atomic mass is 16.5. The lowest BCUT2D eigenvalue weighted by molar-refractivity contribution is -0.136. The Morgan fingerprint density at radius 1 is 0.950 bits per heavy atom. The molecule has 204 valence electrons. The van der Waals surface area contributed by atoms with E-state index in [4.69, 9.17) is 4.74 Å². The molecule has 6 rings (SSSR count). The quantitative estimate of drug-likeness (QED) is 0.424. The largest absolute Gasteiger partial charge is 0.488 e. The van der Waals surface area contributed by atoms with E-state index in [1.165, 1.54) is 11.1 Å². The molecular weight excluding hydrogens is 508 g/mol. The molecule has 0 bridgehead atoms. The van der Waals surface area contributed by atoms with Gasteiger partial charge in [0, 0.05) is 38.3 Å². The first-order chi connectivity index (χ1) is 19.4. The second-order valence-electron chi connectivity index (χ2n) is 10.5. The summed E-state index contributed by atoms with van der Waals surface area (Å²) in [7, 11) is 0. The number of rotatable bonds is 8. The number of hydrogen-bond donors (Lipinski definition) is 2. The molecule has 3 aromatic carbocycles. The first kappa shape index (κ1) is 25.8. The first-order valence-electron chi connectivity index (χ1n) is 13.5. The summed E-state index contributed by atoms with van der Waals surface area (Å²) in [6, 6.07) is 20.3. The smallest absolute Gasteiger partial charge is 0.264 e. The van der Waals surface area contributed by atoms with Crippen molar-refractivity contribution in [3.8, 4) is 5.75 Å². The Labute approximate surface area is 232 Å². The zero-order chi connectivity index (χ0) is 27.8. The van der Waals surface area contributed by atoms with Crippen LogP contribution in [0.1, 0.15) is 50.2 Å². The number of piperidine rings is 1. The normalized spacial score (nSPS) is 19.3. The monoisotopic (exact) mass is 538 g/mol. The zero-order valence-corrected chi connectivity index (χ0v) is 22.2. The van der Waals surface area contributed by atoms with Gasteiger partial charge >= 0.3 is 0 Å². The SMILES string of the molecule is Cc1cc(CNc2cccc3c2C(=O)N(C2CCC(=O)NC2=O)C3=O)ccc1CN1CC(Oc2ccccc2)C1. The summed E-state index contributed by atoms with van der Waals surface area (Å²) < 4.78 is 6.01. The van der Waals surface area contributed by atoms with E-state index in [-0.39, 0.29) is 30.1 Å². The van der Waals surface area contributed by atoms with Crippen LogP contribution >= 0.6 is 0 Å². The molecule has 9 nitrogen and oxygen atoms in total. The molecule has 3 aliphatic heterocycles. The number of imide groups is 2. The van der Waals surface area contributed by atoms with Crippen LogP contribution in [0.15, 0.2) is 66.7 Å². The van der Waals surface area contributed by atoms with Crippen LogP contribution in [0.5, 0.6) is 5.75 Å². The van der Waals surface area contributed by atoms with E-state index in [1.807, 2.05) is 30.3 Å². The Morgan fingerprint density at radius 3 is 2.50 bits per heavy atom. The lowest BCUT2D eigenvalue weighted by Crippen LogP contribution is -2.54. The molecule has 0 aliphatic carbocycles. The van der Waals surface area contributed by atoms with E-state index >= 15 is 0 Å². The van der Waals surface area contributed by atoms with Crippen molar-refractivity contribution in [3.05, 3.63) is 94.5 Å². The van der Waals surface area contributed by atoms with Gasteiger partial charge in [0.1, 0.15) is 17.9 Å². The van der Waals surface area contributed by atoms with Gasteiger partial charge in [-0.25, -0.2) is 0 Å². The first-order valence-corrected chi connectivity index (χ1v) is 13.5. The summed E-state index contributed by atoms with van der Waals surface area (Å²) in [4.78, 5) is 53.6. The highest BCUT2D eigenvalue weighted by Crippen LogP contribution is 2.32. The molecule has 2 N–H and O–H groups in total. The van der Waals surface area contributed by atoms with Gasteiger partial charge in [-0.15, -0.1) is 0 Å². The lowest BCUT2D eigenvalue weighted by atomic mass is 10.0. The average molecular weight is 539 g/mol. The van der Waals surface area contributed by atoms with Crippen LogP contribution in [-0.2, 0) is 22.7 Å². The summed E-state index contributed by atoms with van der Waals surface area (Å²) >= 11 is 0. The van der Waals surface area contributed by atoms with Crippen molar-refractivity contribution in [2.45, 2.75) is 45.0 Å². The molecule has 2 fully saturated rings. The third kappa shape index (κ3) is 4.96. The second kappa shape index (κ2) is 10.6. The number of anilines is 1. The van der Waals surface area contributed by atoms with Gasteiger partial charge in [-0.3, -0.25) is 34.3 Å². The molecule has 3 heterocycles. The number of ether oxygens (including phenoxy) is 1. The van der Waals surface area contributed by atoms with Crippen LogP contribution in [0.25, 0.3) is 0 Å². The van der Waals surface area contributed by atoms with E-state index in [1.54, 1.807) is 18.2 Å². The van der Waals surface area contributed by atoms with Crippen molar-refractivity contribution in [2.24, 2.45) is 0 Å². The van der Waals surface area contributed by atoms with Crippen molar-refractivity contribution < 1.29 is 23.9 Å². The third-order valence-corrected chi connectivity index (χ3v) is 7.72. The number of amides is 4. The summed E-state index contributed by atoms with van der Waals surface area (Å²) in [6.07, 6.45) is 0.423. The minimum Gasteiger partial charge on any atom is -0.488 e. The Hall–Kier alpha value is -4.50. The van der Waals surface area contributed by atoms with Crippen LogP contribution in [0.3, 0.4) is 0 Å². The summed E-state index contributed by atoms with van der Waals surface area (Å²) in [6.45, 7) is 5.19. The fourth-order valence-electron chi connectivity index (χ4n) is 5.56. The summed E-state index contributed by atoms with van der Waals surface area (Å²) in [5.41, 5.74) is 4.54. The molecular formula is C31H30N4O5. The molecule has 1 unspecified atom stereocenters. The van der Waals surface area contributed by atoms with Gasteiger partial charge in [-0.2, -0.15) is 0 Å². The molecule has 0 aromatic heterocycles. The Bertz CT molecular complexity index is 1500. The molecule has 3 aliphatic rings. The van der Waals surface area contributed by atoms with E-state index in [0.29, 0.717) is 12.2 Å². The van der Waals surface area contributed by atoms with Gasteiger partial charge in [0.25, 0.3) is 11.8 Å². The van der Waals surface area contributed by atoms with Gasteiger partial charge in [0.05, 0.1) is 11.1 Å². The fourth-order valence-corrected chi connectivity index (χ4v) is 5.56. The average Bonchev–Trinajstić information content (AvgIpc) is 3.18. The Kier molecular flexibility index (Phi) is 6.81. The fraction of sp³-hybridized carbons (Fsp3) is 0.290. The maximum absolute atomic E-state index is 13.3. The van der Waals surface area contributed by atoms with Crippen molar-refractivity contribution in [1.29, 1.82) is 0 Å². The van der Waals surface area contributed by atoms with Crippen molar-refractivity contribution in [2.75, 3.05) is 18.4 Å². The molecule has 4 amide bonds. The molecule has 0 saturated carbocycles. The van der Waals surface area contributed by atoms with Gasteiger partial charge < -0.3 is 10.1 Å². The highest BCUT2D eigenvalue weighted by molar-refractivity contribution is 6.25. The number of carbonyl (C=O) groups excluding carboxylic acids is 4. The zero-order valence-electron chi connectivity index (χ0n) is 22.2. The van der Waals surface area contributed by atoms with Gasteiger partial charge in [0.2, 0.25) is 11.8 Å². The van der Waals surface area contributed by atoms with Crippen LogP contribution in [0, 0.1) is 6.92 Å². The number of fused-ring (bicyclic) bond motifs is 1. The van der Waals surface area contributed by atoms with Crippen LogP contribution in [-0.4, -0.2) is 58.7 Å². The second-order valence-corrected chi connectivity index (χ2v) is 10.5.